The number of aryl methyl sites for hydroxylation is 1. The first-order valence-electron chi connectivity index (χ1n) is 8.97. The van der Waals surface area contributed by atoms with Crippen LogP contribution in [-0.2, 0) is 11.2 Å². The van der Waals surface area contributed by atoms with Crippen LogP contribution in [0, 0.1) is 6.92 Å². The molecular weight excluding hydrogens is 426 g/mol. The summed E-state index contributed by atoms with van der Waals surface area (Å²) in [5.41, 5.74) is 1.87. The van der Waals surface area contributed by atoms with E-state index in [1.165, 1.54) is 11.8 Å². The summed E-state index contributed by atoms with van der Waals surface area (Å²) in [6.45, 7) is 3.95. The summed E-state index contributed by atoms with van der Waals surface area (Å²) in [5, 5.41) is 12.4. The third-order valence-electron chi connectivity index (χ3n) is 4.41. The third kappa shape index (κ3) is 4.65. The maximum atomic E-state index is 12.6. The smallest absolute Gasteiger partial charge is 0.277 e. The van der Waals surface area contributed by atoms with Gasteiger partial charge in [0.1, 0.15) is 5.01 Å². The number of fused-ring (bicyclic) bond motifs is 1. The molecule has 4 rings (SSSR count). The number of hydrogen-bond acceptors (Lipinski definition) is 9. The van der Waals surface area contributed by atoms with Crippen molar-refractivity contribution >= 4 is 50.6 Å². The normalized spacial score (nSPS) is 12.4. The van der Waals surface area contributed by atoms with Gasteiger partial charge in [-0.2, -0.15) is 0 Å². The highest BCUT2D eigenvalue weighted by molar-refractivity contribution is 7.99. The van der Waals surface area contributed by atoms with Crippen molar-refractivity contribution in [3.05, 3.63) is 51.2 Å². The Morgan fingerprint density at radius 2 is 2.10 bits per heavy atom. The molecule has 0 saturated heterocycles. The van der Waals surface area contributed by atoms with Gasteiger partial charge in [0.25, 0.3) is 5.22 Å². The monoisotopic (exact) mass is 445 g/mol. The van der Waals surface area contributed by atoms with Gasteiger partial charge in [0.2, 0.25) is 11.8 Å². The second kappa shape index (κ2) is 8.60. The number of amides is 1. The average molecular weight is 446 g/mol. The molecule has 0 N–H and O–H groups in total. The Hall–Kier alpha value is -2.30. The first-order valence-corrected chi connectivity index (χ1v) is 11.6. The van der Waals surface area contributed by atoms with Gasteiger partial charge in [0.15, 0.2) is 0 Å². The molecule has 10 heteroatoms. The zero-order valence-electron chi connectivity index (χ0n) is 16.2. The maximum absolute atomic E-state index is 12.6. The minimum atomic E-state index is -0.105. The van der Waals surface area contributed by atoms with E-state index in [4.69, 9.17) is 4.42 Å². The van der Waals surface area contributed by atoms with Crippen LogP contribution in [0.2, 0.25) is 0 Å². The zero-order valence-corrected chi connectivity index (χ0v) is 18.6. The minimum Gasteiger partial charge on any atom is -0.416 e. The number of aromatic nitrogens is 4. The topological polar surface area (TPSA) is 85.0 Å². The zero-order chi connectivity index (χ0) is 20.4. The number of para-hydroxylation sites is 1. The van der Waals surface area contributed by atoms with Gasteiger partial charge in [0.05, 0.1) is 39.1 Å². The van der Waals surface area contributed by atoms with E-state index < -0.39 is 0 Å². The van der Waals surface area contributed by atoms with E-state index in [1.807, 2.05) is 43.5 Å². The van der Waals surface area contributed by atoms with Crippen LogP contribution in [0.1, 0.15) is 34.6 Å². The van der Waals surface area contributed by atoms with Crippen LogP contribution in [-0.4, -0.2) is 43.8 Å². The second-order valence-electron chi connectivity index (χ2n) is 6.49. The molecule has 0 fully saturated rings. The fourth-order valence-electron chi connectivity index (χ4n) is 2.69. The standard InChI is InChI=1S/C19H19N5O2S3/c1-11(18-21-14-6-4-5-7-15(14)29-18)24(3)17(25)10-28-19-23-22-16(26-19)8-13-9-27-12(2)20-13/h4-7,9,11H,8,10H2,1-3H3/t11-/m0/s1. The Balaban J connectivity index is 1.34. The van der Waals surface area contributed by atoms with E-state index in [2.05, 4.69) is 20.2 Å². The molecule has 3 aromatic heterocycles. The molecule has 0 aliphatic heterocycles. The van der Waals surface area contributed by atoms with Gasteiger partial charge in [0, 0.05) is 12.4 Å². The molecule has 1 amide bonds. The number of hydrogen-bond donors (Lipinski definition) is 0. The lowest BCUT2D eigenvalue weighted by atomic mass is 10.3. The Kier molecular flexibility index (Phi) is 5.93. The number of benzene rings is 1. The summed E-state index contributed by atoms with van der Waals surface area (Å²) in [4.78, 5) is 23.4. The molecule has 0 radical (unpaired) electrons. The summed E-state index contributed by atoms with van der Waals surface area (Å²) in [6.07, 6.45) is 0.500. The highest BCUT2D eigenvalue weighted by Gasteiger charge is 2.21. The van der Waals surface area contributed by atoms with E-state index in [0.29, 0.717) is 17.5 Å². The summed E-state index contributed by atoms with van der Waals surface area (Å²) >= 11 is 4.45. The fourth-order valence-corrected chi connectivity index (χ4v) is 5.07. The summed E-state index contributed by atoms with van der Waals surface area (Å²) in [6, 6.07) is 7.89. The van der Waals surface area contributed by atoms with Crippen LogP contribution in [0.25, 0.3) is 10.2 Å². The first-order chi connectivity index (χ1) is 14.0. The van der Waals surface area contributed by atoms with Gasteiger partial charge in [-0.05, 0) is 26.0 Å². The molecule has 3 heterocycles. The lowest BCUT2D eigenvalue weighted by Crippen LogP contribution is -2.31. The number of carbonyl (C=O) groups is 1. The molecule has 4 aromatic rings. The highest BCUT2D eigenvalue weighted by Crippen LogP contribution is 2.29. The number of rotatable bonds is 7. The largest absolute Gasteiger partial charge is 0.416 e. The average Bonchev–Trinajstić information content (AvgIpc) is 3.44. The summed E-state index contributed by atoms with van der Waals surface area (Å²) in [5.74, 6) is 0.710. The molecule has 1 atom stereocenters. The lowest BCUT2D eigenvalue weighted by molar-refractivity contribution is -0.128. The lowest BCUT2D eigenvalue weighted by Gasteiger charge is -2.22. The summed E-state index contributed by atoms with van der Waals surface area (Å²) in [7, 11) is 1.80. The van der Waals surface area contributed by atoms with E-state index in [0.717, 1.165) is 25.9 Å². The fraction of sp³-hybridized carbons (Fsp3) is 0.316. The molecule has 0 spiro atoms. The Morgan fingerprint density at radius 1 is 1.28 bits per heavy atom. The predicted molar refractivity (Wildman–Crippen MR) is 115 cm³/mol. The van der Waals surface area contributed by atoms with Crippen molar-refractivity contribution < 1.29 is 9.21 Å². The predicted octanol–water partition coefficient (Wildman–Crippen LogP) is 4.35. The van der Waals surface area contributed by atoms with Crippen molar-refractivity contribution in [3.8, 4) is 0 Å². The number of thioether (sulfide) groups is 1. The Morgan fingerprint density at radius 3 is 2.86 bits per heavy atom. The SMILES string of the molecule is Cc1nc(Cc2nnc(SCC(=O)N(C)[C@@H](C)c3nc4ccccc4s3)o2)cs1. The van der Waals surface area contributed by atoms with Crippen LogP contribution >= 0.6 is 34.4 Å². The van der Waals surface area contributed by atoms with E-state index in [9.17, 15) is 4.79 Å². The van der Waals surface area contributed by atoms with Crippen molar-refractivity contribution in [2.75, 3.05) is 12.8 Å². The van der Waals surface area contributed by atoms with Gasteiger partial charge in [-0.25, -0.2) is 9.97 Å². The van der Waals surface area contributed by atoms with Gasteiger partial charge >= 0.3 is 0 Å². The van der Waals surface area contributed by atoms with Crippen LogP contribution in [0.15, 0.2) is 39.3 Å². The van der Waals surface area contributed by atoms with Crippen molar-refractivity contribution in [2.24, 2.45) is 0 Å². The molecule has 0 unspecified atom stereocenters. The maximum Gasteiger partial charge on any atom is 0.277 e. The second-order valence-corrected chi connectivity index (χ2v) is 9.54. The van der Waals surface area contributed by atoms with Gasteiger partial charge in [-0.1, -0.05) is 23.9 Å². The molecule has 7 nitrogen and oxygen atoms in total. The molecular formula is C19H19N5O2S3. The number of thiazole rings is 2. The van der Waals surface area contributed by atoms with Gasteiger partial charge in [-0.3, -0.25) is 4.79 Å². The Labute approximate surface area is 180 Å². The number of nitrogens with zero attached hydrogens (tertiary/aromatic N) is 5. The molecule has 150 valence electrons. The van der Waals surface area contributed by atoms with Crippen molar-refractivity contribution in [1.29, 1.82) is 0 Å². The molecule has 0 aliphatic rings. The van der Waals surface area contributed by atoms with Crippen LogP contribution < -0.4 is 0 Å². The van der Waals surface area contributed by atoms with Gasteiger partial charge < -0.3 is 9.32 Å². The highest BCUT2D eigenvalue weighted by atomic mass is 32.2. The van der Waals surface area contributed by atoms with Crippen molar-refractivity contribution in [2.45, 2.75) is 31.5 Å². The first kappa shape index (κ1) is 20.0. The molecule has 0 aliphatic carbocycles. The molecule has 0 bridgehead atoms. The van der Waals surface area contributed by atoms with E-state index >= 15 is 0 Å². The molecule has 1 aromatic carbocycles. The van der Waals surface area contributed by atoms with Crippen molar-refractivity contribution in [1.82, 2.24) is 25.1 Å². The Bertz CT molecular complexity index is 1100. The van der Waals surface area contributed by atoms with E-state index in [1.54, 1.807) is 34.6 Å². The number of carbonyl (C=O) groups excluding carboxylic acids is 1. The molecule has 29 heavy (non-hydrogen) atoms. The summed E-state index contributed by atoms with van der Waals surface area (Å²) < 4.78 is 6.76. The van der Waals surface area contributed by atoms with Crippen molar-refractivity contribution in [3.63, 3.8) is 0 Å². The van der Waals surface area contributed by atoms with Gasteiger partial charge in [-0.15, -0.1) is 32.9 Å². The quantitative estimate of drug-likeness (QED) is 0.391. The van der Waals surface area contributed by atoms with Crippen LogP contribution in [0.3, 0.4) is 0 Å². The van der Waals surface area contributed by atoms with Crippen LogP contribution in [0.4, 0.5) is 0 Å². The third-order valence-corrected chi connectivity index (χ3v) is 7.24. The molecule has 0 saturated carbocycles. The minimum absolute atomic E-state index is 0.0170. The van der Waals surface area contributed by atoms with E-state index in [-0.39, 0.29) is 17.7 Å². The van der Waals surface area contributed by atoms with Crippen LogP contribution in [0.5, 0.6) is 0 Å².